The molecule has 39 heavy (non-hydrogen) atoms. The molecule has 0 radical (unpaired) electrons. The maximum absolute atomic E-state index is 13.6. The van der Waals surface area contributed by atoms with Gasteiger partial charge in [0.05, 0.1) is 34.3 Å². The highest BCUT2D eigenvalue weighted by Gasteiger charge is 2.45. The van der Waals surface area contributed by atoms with Crippen LogP contribution in [0.15, 0.2) is 102 Å². The van der Waals surface area contributed by atoms with E-state index in [1.807, 2.05) is 30.3 Å². The summed E-state index contributed by atoms with van der Waals surface area (Å²) < 4.78 is 28.5. The fourth-order valence-electron chi connectivity index (χ4n) is 4.38. The summed E-state index contributed by atoms with van der Waals surface area (Å²) in [6.45, 7) is 0.143. The monoisotopic (exact) mass is 556 g/mol. The molecule has 1 aliphatic rings. The zero-order valence-electron chi connectivity index (χ0n) is 20.9. The van der Waals surface area contributed by atoms with Crippen LogP contribution in [0.5, 0.6) is 0 Å². The summed E-state index contributed by atoms with van der Waals surface area (Å²) in [4.78, 5) is 17.4. The van der Waals surface area contributed by atoms with Gasteiger partial charge in [-0.25, -0.2) is 8.42 Å². The first kappa shape index (κ1) is 26.6. The number of nitrogens with zero attached hydrogens (tertiary/aromatic N) is 3. The number of amides is 1. The van der Waals surface area contributed by atoms with E-state index in [2.05, 4.69) is 10.3 Å². The number of carbonyl (C=O) groups is 1. The molecule has 9 heteroatoms. The maximum atomic E-state index is 13.6. The second kappa shape index (κ2) is 11.0. The summed E-state index contributed by atoms with van der Waals surface area (Å²) in [5.41, 5.74) is 2.83. The van der Waals surface area contributed by atoms with Crippen LogP contribution in [0.2, 0.25) is 5.02 Å². The van der Waals surface area contributed by atoms with Crippen molar-refractivity contribution in [3.05, 3.63) is 130 Å². The Kier molecular flexibility index (Phi) is 7.49. The molecule has 1 aliphatic carbocycles. The molecule has 0 aliphatic heterocycles. The third kappa shape index (κ3) is 6.02. The van der Waals surface area contributed by atoms with Gasteiger partial charge >= 0.3 is 0 Å². The largest absolute Gasteiger partial charge is 0.343 e. The number of carbonyl (C=O) groups excluding carboxylic acids is 1. The second-order valence-corrected chi connectivity index (χ2v) is 11.8. The summed E-state index contributed by atoms with van der Waals surface area (Å²) in [5.74, 6) is -0.190. The van der Waals surface area contributed by atoms with Gasteiger partial charge in [0.15, 0.2) is 0 Å². The lowest BCUT2D eigenvalue weighted by molar-refractivity contribution is 0.0930. The molecule has 1 N–H and O–H groups in total. The van der Waals surface area contributed by atoms with E-state index in [4.69, 9.17) is 16.9 Å². The van der Waals surface area contributed by atoms with Gasteiger partial charge in [-0.3, -0.25) is 9.78 Å². The van der Waals surface area contributed by atoms with Crippen LogP contribution in [0.1, 0.15) is 45.6 Å². The fraction of sp³-hybridized carbons (Fsp3) is 0.167. The number of rotatable bonds is 9. The van der Waals surface area contributed by atoms with E-state index in [1.54, 1.807) is 48.7 Å². The van der Waals surface area contributed by atoms with E-state index in [0.717, 1.165) is 24.0 Å². The Hall–Kier alpha value is -4.03. The van der Waals surface area contributed by atoms with Crippen molar-refractivity contribution in [2.75, 3.05) is 0 Å². The summed E-state index contributed by atoms with van der Waals surface area (Å²) in [7, 11) is -3.90. The molecule has 5 rings (SSSR count). The smallest absolute Gasteiger partial charge is 0.251 e. The minimum atomic E-state index is -3.90. The number of sulfonamides is 1. The lowest BCUT2D eigenvalue weighted by atomic mass is 10.0. The van der Waals surface area contributed by atoms with E-state index < -0.39 is 10.0 Å². The Bertz CT molecular complexity index is 1610. The van der Waals surface area contributed by atoms with Crippen molar-refractivity contribution in [1.29, 1.82) is 5.26 Å². The number of aromatic nitrogens is 1. The number of hydrogen-bond donors (Lipinski definition) is 1. The molecule has 7 nitrogen and oxygen atoms in total. The zero-order valence-corrected chi connectivity index (χ0v) is 22.5. The average Bonchev–Trinajstić information content (AvgIpc) is 3.74. The van der Waals surface area contributed by atoms with Crippen molar-refractivity contribution < 1.29 is 13.2 Å². The standard InChI is InChI=1S/C30H25ClN4O3S/c31-26-12-10-25(11-13-26)30(16-17-30)34-29(36)24-8-4-23(5-9-24)20-35(21-27-3-1-2-18-33-27)39(37,38)28-14-6-22(19-32)7-15-28/h1-15,18H,16-17,20-21H2,(H,34,36). The second-order valence-electron chi connectivity index (χ2n) is 9.47. The molecule has 0 bridgehead atoms. The zero-order chi connectivity index (χ0) is 27.5. The van der Waals surface area contributed by atoms with Crippen LogP contribution in [0, 0.1) is 11.3 Å². The Morgan fingerprint density at radius 3 is 2.23 bits per heavy atom. The van der Waals surface area contributed by atoms with Crippen LogP contribution in [-0.2, 0) is 28.7 Å². The molecule has 1 fully saturated rings. The average molecular weight is 557 g/mol. The first-order valence-electron chi connectivity index (χ1n) is 12.4. The predicted octanol–water partition coefficient (Wildman–Crippen LogP) is 5.42. The highest BCUT2D eigenvalue weighted by molar-refractivity contribution is 7.89. The van der Waals surface area contributed by atoms with E-state index in [0.29, 0.717) is 21.8 Å². The van der Waals surface area contributed by atoms with Crippen molar-refractivity contribution >= 4 is 27.5 Å². The number of benzene rings is 3. The molecular weight excluding hydrogens is 532 g/mol. The van der Waals surface area contributed by atoms with E-state index in [9.17, 15) is 13.2 Å². The molecule has 4 aromatic rings. The normalized spacial score (nSPS) is 14.0. The topological polar surface area (TPSA) is 103 Å². The van der Waals surface area contributed by atoms with Crippen molar-refractivity contribution in [2.24, 2.45) is 0 Å². The van der Waals surface area contributed by atoms with Gasteiger partial charge in [-0.1, -0.05) is 41.9 Å². The van der Waals surface area contributed by atoms with Crippen LogP contribution in [0.25, 0.3) is 0 Å². The lowest BCUT2D eigenvalue weighted by Crippen LogP contribution is -2.34. The van der Waals surface area contributed by atoms with Crippen molar-refractivity contribution in [1.82, 2.24) is 14.6 Å². The molecule has 3 aromatic carbocycles. The van der Waals surface area contributed by atoms with Crippen molar-refractivity contribution in [3.63, 3.8) is 0 Å². The molecule has 0 spiro atoms. The fourth-order valence-corrected chi connectivity index (χ4v) is 5.91. The molecule has 0 atom stereocenters. The van der Waals surface area contributed by atoms with Crippen LogP contribution in [0.4, 0.5) is 0 Å². The van der Waals surface area contributed by atoms with E-state index in [1.165, 1.54) is 28.6 Å². The summed E-state index contributed by atoms with van der Waals surface area (Å²) in [6.07, 6.45) is 3.33. The Labute approximate surface area is 232 Å². The van der Waals surface area contributed by atoms with Crippen molar-refractivity contribution in [2.45, 2.75) is 36.4 Å². The number of pyridine rings is 1. The first-order valence-corrected chi connectivity index (χ1v) is 14.2. The minimum absolute atomic E-state index is 0.0645. The number of halogens is 1. The summed E-state index contributed by atoms with van der Waals surface area (Å²) in [6, 6.07) is 27.6. The van der Waals surface area contributed by atoms with Gasteiger partial charge in [0, 0.05) is 23.3 Å². The number of hydrogen-bond acceptors (Lipinski definition) is 5. The van der Waals surface area contributed by atoms with Gasteiger partial charge in [-0.2, -0.15) is 9.57 Å². The molecule has 0 unspecified atom stereocenters. The third-order valence-corrected chi connectivity index (χ3v) is 8.82. The first-order chi connectivity index (χ1) is 18.8. The minimum Gasteiger partial charge on any atom is -0.343 e. The summed E-state index contributed by atoms with van der Waals surface area (Å²) >= 11 is 6.01. The lowest BCUT2D eigenvalue weighted by Gasteiger charge is -2.22. The Balaban J connectivity index is 1.34. The van der Waals surface area contributed by atoms with Gasteiger partial charge in [-0.15, -0.1) is 0 Å². The third-order valence-electron chi connectivity index (χ3n) is 6.76. The SMILES string of the molecule is N#Cc1ccc(S(=O)(=O)N(Cc2ccc(C(=O)NC3(c4ccc(Cl)cc4)CC3)cc2)Cc2ccccn2)cc1. The number of nitriles is 1. The van der Waals surface area contributed by atoms with Crippen LogP contribution in [-0.4, -0.2) is 23.6 Å². The molecule has 1 heterocycles. The molecule has 196 valence electrons. The van der Waals surface area contributed by atoms with Crippen LogP contribution < -0.4 is 5.32 Å². The summed E-state index contributed by atoms with van der Waals surface area (Å²) in [5, 5.41) is 12.9. The molecule has 1 saturated carbocycles. The molecule has 1 amide bonds. The maximum Gasteiger partial charge on any atom is 0.251 e. The highest BCUT2D eigenvalue weighted by atomic mass is 35.5. The Morgan fingerprint density at radius 1 is 0.949 bits per heavy atom. The highest BCUT2D eigenvalue weighted by Crippen LogP contribution is 2.45. The molecular formula is C30H25ClN4O3S. The van der Waals surface area contributed by atoms with Gasteiger partial charge in [0.1, 0.15) is 0 Å². The van der Waals surface area contributed by atoms with Crippen LogP contribution >= 0.6 is 11.6 Å². The van der Waals surface area contributed by atoms with Crippen molar-refractivity contribution in [3.8, 4) is 6.07 Å². The molecule has 0 saturated heterocycles. The molecule has 1 aromatic heterocycles. The van der Waals surface area contributed by atoms with Crippen LogP contribution in [0.3, 0.4) is 0 Å². The quantitative estimate of drug-likeness (QED) is 0.296. The van der Waals surface area contributed by atoms with Gasteiger partial charge in [0.2, 0.25) is 10.0 Å². The van der Waals surface area contributed by atoms with Gasteiger partial charge in [-0.05, 0) is 84.6 Å². The van der Waals surface area contributed by atoms with Gasteiger partial charge < -0.3 is 5.32 Å². The van der Waals surface area contributed by atoms with E-state index in [-0.39, 0.29) is 29.4 Å². The predicted molar refractivity (Wildman–Crippen MR) is 148 cm³/mol. The number of nitrogens with one attached hydrogen (secondary N) is 1. The Morgan fingerprint density at radius 2 is 1.64 bits per heavy atom. The van der Waals surface area contributed by atoms with Gasteiger partial charge in [0.25, 0.3) is 5.91 Å². The van der Waals surface area contributed by atoms with E-state index >= 15 is 0 Å².